The van der Waals surface area contributed by atoms with Crippen molar-refractivity contribution in [3.8, 4) is 0 Å². The summed E-state index contributed by atoms with van der Waals surface area (Å²) in [5.74, 6) is -2.30. The van der Waals surface area contributed by atoms with Crippen LogP contribution in [0.2, 0.25) is 0 Å². The molecular weight excluding hydrogens is 128 g/mol. The average Bonchev–Trinajstić information content (AvgIpc) is 1.88. The first kappa shape index (κ1) is 7.58. The van der Waals surface area contributed by atoms with Crippen LogP contribution in [0.25, 0.3) is 0 Å². The monoisotopic (exact) mass is 145 g/mol. The fraction of sp³-hybridized carbons (Fsp3) is 0.875. The third-order valence-corrected chi connectivity index (χ3v) is 1.52. The number of hydrogen-bond acceptors (Lipinski definition) is 1. The summed E-state index contributed by atoms with van der Waals surface area (Å²) in [6.45, 7) is 3.51. The average molecular weight is 145 g/mol. The molecule has 0 fully saturated rings. The van der Waals surface area contributed by atoms with E-state index in [0.29, 0.717) is 6.42 Å². The van der Waals surface area contributed by atoms with Gasteiger partial charge in [-0.15, -0.1) is 0 Å². The van der Waals surface area contributed by atoms with Gasteiger partial charge in [0.25, 0.3) is 0 Å². The van der Waals surface area contributed by atoms with Crippen LogP contribution < -0.4 is 0 Å². The lowest BCUT2D eigenvalue weighted by Crippen LogP contribution is -2.08. The minimum absolute atomic E-state index is 0.455. The summed E-state index contributed by atoms with van der Waals surface area (Å²) in [7, 11) is 0. The van der Waals surface area contributed by atoms with Crippen molar-refractivity contribution in [3.05, 3.63) is 0 Å². The van der Waals surface area contributed by atoms with Crippen molar-refractivity contribution >= 4 is 5.97 Å². The number of carbonyl (C=O) groups is 1. The molecule has 2 nitrogen and oxygen atoms in total. The van der Waals surface area contributed by atoms with Gasteiger partial charge in [-0.05, 0) is 6.42 Å². The molecule has 0 aromatic carbocycles. The second-order valence-electron chi connectivity index (χ2n) is 2.54. The van der Waals surface area contributed by atoms with Crippen molar-refractivity contribution < 1.29 is 11.3 Å². The van der Waals surface area contributed by atoms with E-state index < -0.39 is 11.9 Å². The van der Waals surface area contributed by atoms with Crippen LogP contribution in [-0.4, -0.2) is 11.1 Å². The molecule has 10 heavy (non-hydrogen) atoms. The zero-order valence-corrected chi connectivity index (χ0v) is 6.68. The standard InChI is InChI=1S/C8H16O2/c1-3-4-5-6-7(2)8(9)10/h7H,3-6H2,1-2H3,(H,9,10)/i7D. The van der Waals surface area contributed by atoms with Gasteiger partial charge in [0.05, 0.1) is 5.89 Å². The highest BCUT2D eigenvalue weighted by Crippen LogP contribution is 2.08. The van der Waals surface area contributed by atoms with Crippen LogP contribution in [0.1, 0.15) is 40.9 Å². The SMILES string of the molecule is [2H]C(C)(CCCCC)C(=O)O. The van der Waals surface area contributed by atoms with E-state index in [0.717, 1.165) is 19.3 Å². The van der Waals surface area contributed by atoms with Crippen LogP contribution in [-0.2, 0) is 4.79 Å². The fourth-order valence-corrected chi connectivity index (χ4v) is 0.747. The molecule has 2 heteroatoms. The Morgan fingerprint density at radius 2 is 2.30 bits per heavy atom. The molecule has 0 rings (SSSR count). The Balaban J connectivity index is 3.64. The van der Waals surface area contributed by atoms with E-state index in [1.165, 1.54) is 6.92 Å². The van der Waals surface area contributed by atoms with Gasteiger partial charge >= 0.3 is 5.97 Å². The summed E-state index contributed by atoms with van der Waals surface area (Å²) in [5, 5.41) is 8.55. The molecular formula is C8H16O2. The number of hydrogen-bond donors (Lipinski definition) is 1. The summed E-state index contributed by atoms with van der Waals surface area (Å²) in [5.41, 5.74) is 0. The Morgan fingerprint density at radius 3 is 2.70 bits per heavy atom. The first-order valence-electron chi connectivity index (χ1n) is 4.24. The Morgan fingerprint density at radius 1 is 1.70 bits per heavy atom. The molecule has 0 heterocycles. The van der Waals surface area contributed by atoms with Gasteiger partial charge in [0.1, 0.15) is 0 Å². The summed E-state index contributed by atoms with van der Waals surface area (Å²) in [4.78, 5) is 10.4. The maximum absolute atomic E-state index is 10.4. The third kappa shape index (κ3) is 4.36. The fourth-order valence-electron chi connectivity index (χ4n) is 0.747. The highest BCUT2D eigenvalue weighted by atomic mass is 16.4. The summed E-state index contributed by atoms with van der Waals surface area (Å²) in [6, 6.07) is 0. The molecule has 1 N–H and O–H groups in total. The third-order valence-electron chi connectivity index (χ3n) is 1.52. The molecule has 1 atom stereocenters. The van der Waals surface area contributed by atoms with Crippen LogP contribution in [0.15, 0.2) is 0 Å². The van der Waals surface area contributed by atoms with E-state index >= 15 is 0 Å². The number of carboxylic acids is 1. The van der Waals surface area contributed by atoms with Crippen LogP contribution in [0, 0.1) is 5.89 Å². The van der Waals surface area contributed by atoms with Gasteiger partial charge in [-0.25, -0.2) is 0 Å². The van der Waals surface area contributed by atoms with Crippen molar-refractivity contribution in [1.82, 2.24) is 0 Å². The summed E-state index contributed by atoms with van der Waals surface area (Å²) < 4.78 is 7.36. The van der Waals surface area contributed by atoms with Gasteiger partial charge in [-0.1, -0.05) is 33.1 Å². The maximum atomic E-state index is 10.4. The first-order chi connectivity index (χ1) is 5.00. The van der Waals surface area contributed by atoms with Crippen LogP contribution in [0.5, 0.6) is 0 Å². The molecule has 0 saturated heterocycles. The maximum Gasteiger partial charge on any atom is 0.306 e. The summed E-state index contributed by atoms with van der Waals surface area (Å²) in [6.07, 6.45) is 3.37. The van der Waals surface area contributed by atoms with Crippen molar-refractivity contribution in [2.24, 2.45) is 5.89 Å². The number of rotatable bonds is 5. The van der Waals surface area contributed by atoms with Crippen molar-refractivity contribution in [2.45, 2.75) is 39.5 Å². The van der Waals surface area contributed by atoms with E-state index in [9.17, 15) is 4.79 Å². The molecule has 1 unspecified atom stereocenters. The largest absolute Gasteiger partial charge is 0.481 e. The topological polar surface area (TPSA) is 37.3 Å². The molecule has 0 saturated carbocycles. The smallest absolute Gasteiger partial charge is 0.306 e. The van der Waals surface area contributed by atoms with E-state index in [1.54, 1.807) is 0 Å². The molecule has 0 aromatic rings. The Bertz CT molecular complexity index is 132. The van der Waals surface area contributed by atoms with E-state index in [2.05, 4.69) is 6.92 Å². The molecule has 60 valence electrons. The zero-order valence-electron chi connectivity index (χ0n) is 7.68. The molecule has 0 aromatic heterocycles. The lowest BCUT2D eigenvalue weighted by molar-refractivity contribution is -0.141. The second-order valence-corrected chi connectivity index (χ2v) is 2.54. The molecule has 0 bridgehead atoms. The number of carboxylic acid groups (broad SMARTS) is 1. The van der Waals surface area contributed by atoms with Gasteiger partial charge in [0.15, 0.2) is 0 Å². The van der Waals surface area contributed by atoms with E-state index in [-0.39, 0.29) is 0 Å². The zero-order chi connectivity index (χ0) is 8.91. The highest BCUT2D eigenvalue weighted by molar-refractivity contribution is 5.69. The van der Waals surface area contributed by atoms with Gasteiger partial charge in [-0.3, -0.25) is 4.79 Å². The van der Waals surface area contributed by atoms with Gasteiger partial charge < -0.3 is 5.11 Å². The lowest BCUT2D eigenvalue weighted by atomic mass is 10.0. The van der Waals surface area contributed by atoms with Gasteiger partial charge in [-0.2, -0.15) is 0 Å². The molecule has 0 aliphatic carbocycles. The Labute approximate surface area is 63.7 Å². The Kier molecular flexibility index (Phi) is 3.99. The second kappa shape index (κ2) is 5.27. The highest BCUT2D eigenvalue weighted by Gasteiger charge is 2.08. The first-order valence-corrected chi connectivity index (χ1v) is 3.74. The van der Waals surface area contributed by atoms with Crippen LogP contribution in [0.3, 0.4) is 0 Å². The Hall–Kier alpha value is -0.530. The lowest BCUT2D eigenvalue weighted by Gasteiger charge is -2.03. The number of unbranched alkanes of at least 4 members (excludes halogenated alkanes) is 2. The molecule has 0 amide bonds. The summed E-state index contributed by atoms with van der Waals surface area (Å²) >= 11 is 0. The van der Waals surface area contributed by atoms with Gasteiger partial charge in [0, 0.05) is 1.37 Å². The van der Waals surface area contributed by atoms with E-state index in [1.807, 2.05) is 0 Å². The predicted octanol–water partition coefficient (Wildman–Crippen LogP) is 2.29. The van der Waals surface area contributed by atoms with Crippen molar-refractivity contribution in [2.75, 3.05) is 0 Å². The normalized spacial score (nSPS) is 17.6. The van der Waals surface area contributed by atoms with Gasteiger partial charge in [0.2, 0.25) is 0 Å². The van der Waals surface area contributed by atoms with Crippen LogP contribution >= 0.6 is 0 Å². The molecule has 0 spiro atoms. The quantitative estimate of drug-likeness (QED) is 0.602. The predicted molar refractivity (Wildman–Crippen MR) is 40.9 cm³/mol. The van der Waals surface area contributed by atoms with Crippen molar-refractivity contribution in [1.29, 1.82) is 0 Å². The molecule has 0 radical (unpaired) electrons. The van der Waals surface area contributed by atoms with Crippen LogP contribution in [0.4, 0.5) is 0 Å². The molecule has 0 aliphatic heterocycles. The molecule has 0 aliphatic rings. The van der Waals surface area contributed by atoms with Crippen molar-refractivity contribution in [3.63, 3.8) is 0 Å². The number of aliphatic carboxylic acids is 1. The van der Waals surface area contributed by atoms with E-state index in [4.69, 9.17) is 6.48 Å². The minimum atomic E-state index is -1.28. The minimum Gasteiger partial charge on any atom is -0.481 e.